The molecular weight excluding hydrogens is 263 g/mol. The van der Waals surface area contributed by atoms with Crippen molar-refractivity contribution in [1.29, 1.82) is 0 Å². The molecule has 20 heavy (non-hydrogen) atoms. The van der Waals surface area contributed by atoms with Gasteiger partial charge in [-0.25, -0.2) is 4.39 Å². The van der Waals surface area contributed by atoms with Crippen LogP contribution in [-0.4, -0.2) is 61.8 Å². The Balaban J connectivity index is 2.09. The predicted octanol–water partition coefficient (Wildman–Crippen LogP) is 0.791. The lowest BCUT2D eigenvalue weighted by Crippen LogP contribution is -2.49. The van der Waals surface area contributed by atoms with Gasteiger partial charge in [0, 0.05) is 20.1 Å². The van der Waals surface area contributed by atoms with Gasteiger partial charge in [-0.3, -0.25) is 14.5 Å². The fraction of sp³-hybridized carbons (Fsp3) is 0.429. The van der Waals surface area contributed by atoms with E-state index < -0.39 is 5.82 Å². The first-order valence-electron chi connectivity index (χ1n) is 6.34. The van der Waals surface area contributed by atoms with Gasteiger partial charge in [0.05, 0.1) is 25.8 Å². The summed E-state index contributed by atoms with van der Waals surface area (Å²) in [6, 6.07) is 3.84. The number of nitrogens with zero attached hydrogens (tertiary/aromatic N) is 2. The number of carbonyl (C=O) groups is 2. The van der Waals surface area contributed by atoms with E-state index >= 15 is 0 Å². The molecule has 0 aromatic heterocycles. The van der Waals surface area contributed by atoms with E-state index in [0.29, 0.717) is 18.8 Å². The molecule has 0 unspecified atom stereocenters. The van der Waals surface area contributed by atoms with Gasteiger partial charge in [-0.1, -0.05) is 0 Å². The number of carbonyl (C=O) groups excluding carboxylic acids is 2. The molecule has 1 saturated heterocycles. The Morgan fingerprint density at radius 1 is 1.40 bits per heavy atom. The molecule has 6 heteroatoms. The van der Waals surface area contributed by atoms with Crippen molar-refractivity contribution >= 4 is 11.7 Å². The smallest absolute Gasteiger partial charge is 0.236 e. The lowest BCUT2D eigenvalue weighted by atomic mass is 10.1. The summed E-state index contributed by atoms with van der Waals surface area (Å²) in [4.78, 5) is 27.2. The Bertz CT molecular complexity index is 533. The molecule has 0 saturated carbocycles. The van der Waals surface area contributed by atoms with Gasteiger partial charge in [-0.05, 0) is 18.2 Å². The number of piperazine rings is 1. The van der Waals surface area contributed by atoms with Crippen LogP contribution in [0.2, 0.25) is 0 Å². The van der Waals surface area contributed by atoms with E-state index in [1.165, 1.54) is 25.3 Å². The first-order valence-corrected chi connectivity index (χ1v) is 6.34. The highest BCUT2D eigenvalue weighted by atomic mass is 19.1. The average Bonchev–Trinajstić information content (AvgIpc) is 2.43. The number of amides is 1. The van der Waals surface area contributed by atoms with Gasteiger partial charge < -0.3 is 9.64 Å². The molecule has 1 aliphatic rings. The van der Waals surface area contributed by atoms with E-state index in [2.05, 4.69) is 0 Å². The normalized spacial score (nSPS) is 16.4. The lowest BCUT2D eigenvalue weighted by molar-refractivity contribution is -0.134. The zero-order valence-corrected chi connectivity index (χ0v) is 11.6. The number of hydrogen-bond acceptors (Lipinski definition) is 4. The fourth-order valence-electron chi connectivity index (χ4n) is 2.13. The molecule has 1 amide bonds. The minimum atomic E-state index is -0.483. The summed E-state index contributed by atoms with van der Waals surface area (Å²) in [5, 5.41) is 0. The molecule has 1 aromatic carbocycles. The number of methoxy groups -OCH3 is 1. The molecule has 108 valence electrons. The monoisotopic (exact) mass is 280 g/mol. The SMILES string of the molecule is COc1ccc(F)cc1C(=O)CN1CCN(C)C(=O)C1. The Labute approximate surface area is 116 Å². The second kappa shape index (κ2) is 6.00. The highest BCUT2D eigenvalue weighted by Gasteiger charge is 2.24. The van der Waals surface area contributed by atoms with E-state index in [0.717, 1.165) is 0 Å². The molecule has 1 fully saturated rings. The maximum Gasteiger partial charge on any atom is 0.236 e. The van der Waals surface area contributed by atoms with E-state index in [4.69, 9.17) is 4.74 Å². The molecule has 0 bridgehead atoms. The molecule has 0 radical (unpaired) electrons. The lowest BCUT2D eigenvalue weighted by Gasteiger charge is -2.31. The van der Waals surface area contributed by atoms with Gasteiger partial charge in [-0.15, -0.1) is 0 Å². The van der Waals surface area contributed by atoms with Crippen LogP contribution in [0.5, 0.6) is 5.75 Å². The predicted molar refractivity (Wildman–Crippen MR) is 71.4 cm³/mol. The van der Waals surface area contributed by atoms with Crippen LogP contribution in [0, 0.1) is 5.82 Å². The van der Waals surface area contributed by atoms with Gasteiger partial charge in [0.15, 0.2) is 5.78 Å². The maximum atomic E-state index is 13.3. The number of hydrogen-bond donors (Lipinski definition) is 0. The summed E-state index contributed by atoms with van der Waals surface area (Å²) in [6.45, 7) is 1.51. The number of rotatable bonds is 4. The summed E-state index contributed by atoms with van der Waals surface area (Å²) in [5.74, 6) is -0.408. The van der Waals surface area contributed by atoms with E-state index in [9.17, 15) is 14.0 Å². The van der Waals surface area contributed by atoms with Crippen LogP contribution in [0.4, 0.5) is 4.39 Å². The molecule has 5 nitrogen and oxygen atoms in total. The highest BCUT2D eigenvalue weighted by molar-refractivity contribution is 6.00. The van der Waals surface area contributed by atoms with E-state index in [1.807, 2.05) is 0 Å². The van der Waals surface area contributed by atoms with Gasteiger partial charge in [0.2, 0.25) is 5.91 Å². The molecule has 0 spiro atoms. The van der Waals surface area contributed by atoms with Crippen LogP contribution in [0.1, 0.15) is 10.4 Å². The van der Waals surface area contributed by atoms with Crippen molar-refractivity contribution < 1.29 is 18.7 Å². The number of halogens is 1. The second-order valence-corrected chi connectivity index (χ2v) is 4.79. The standard InChI is InChI=1S/C14H17FN2O3/c1-16-5-6-17(9-14(16)19)8-12(18)11-7-10(15)3-4-13(11)20-2/h3-4,7H,5-6,8-9H2,1-2H3. The first kappa shape index (κ1) is 14.5. The topological polar surface area (TPSA) is 49.9 Å². The highest BCUT2D eigenvalue weighted by Crippen LogP contribution is 2.20. The van der Waals surface area contributed by atoms with Crippen LogP contribution in [0.25, 0.3) is 0 Å². The molecular formula is C14H17FN2O3. The Hall–Kier alpha value is -1.95. The van der Waals surface area contributed by atoms with Crippen molar-refractivity contribution in [1.82, 2.24) is 9.80 Å². The molecule has 1 heterocycles. The third-order valence-electron chi connectivity index (χ3n) is 3.37. The van der Waals surface area contributed by atoms with Crippen molar-refractivity contribution in [2.24, 2.45) is 0 Å². The zero-order chi connectivity index (χ0) is 14.7. The van der Waals surface area contributed by atoms with Crippen molar-refractivity contribution in [2.45, 2.75) is 0 Å². The van der Waals surface area contributed by atoms with Crippen LogP contribution >= 0.6 is 0 Å². The quantitative estimate of drug-likeness (QED) is 0.765. The van der Waals surface area contributed by atoms with Gasteiger partial charge >= 0.3 is 0 Å². The van der Waals surface area contributed by atoms with Gasteiger partial charge in [0.1, 0.15) is 11.6 Å². The molecule has 1 aliphatic heterocycles. The first-order chi connectivity index (χ1) is 9.51. The number of likely N-dealkylation sites (N-methyl/N-ethyl adjacent to an activating group) is 1. The average molecular weight is 280 g/mol. The summed E-state index contributed by atoms with van der Waals surface area (Å²) in [7, 11) is 3.17. The Morgan fingerprint density at radius 2 is 2.15 bits per heavy atom. The summed E-state index contributed by atoms with van der Waals surface area (Å²) in [6.07, 6.45) is 0. The van der Waals surface area contributed by atoms with Crippen molar-refractivity contribution in [3.8, 4) is 5.75 Å². The van der Waals surface area contributed by atoms with Crippen molar-refractivity contribution in [3.05, 3.63) is 29.6 Å². The number of ether oxygens (including phenoxy) is 1. The summed E-state index contributed by atoms with van der Waals surface area (Å²) < 4.78 is 18.3. The number of Topliss-reactive ketones (excluding diaryl/α,β-unsaturated/α-hetero) is 1. The molecule has 2 rings (SSSR count). The molecule has 0 N–H and O–H groups in total. The van der Waals surface area contributed by atoms with Gasteiger partial charge in [-0.2, -0.15) is 0 Å². The summed E-state index contributed by atoms with van der Waals surface area (Å²) >= 11 is 0. The molecule has 0 atom stereocenters. The minimum absolute atomic E-state index is 0.0183. The third kappa shape index (κ3) is 3.14. The van der Waals surface area contributed by atoms with E-state index in [1.54, 1.807) is 16.8 Å². The van der Waals surface area contributed by atoms with Crippen molar-refractivity contribution in [2.75, 3.05) is 40.3 Å². The number of ketones is 1. The minimum Gasteiger partial charge on any atom is -0.496 e. The zero-order valence-electron chi connectivity index (χ0n) is 11.6. The van der Waals surface area contributed by atoms with Crippen LogP contribution in [0.15, 0.2) is 18.2 Å². The second-order valence-electron chi connectivity index (χ2n) is 4.79. The molecule has 0 aliphatic carbocycles. The Kier molecular flexibility index (Phi) is 4.34. The van der Waals surface area contributed by atoms with Crippen LogP contribution < -0.4 is 4.74 Å². The van der Waals surface area contributed by atoms with Crippen LogP contribution in [-0.2, 0) is 4.79 Å². The maximum absolute atomic E-state index is 13.3. The third-order valence-corrected chi connectivity index (χ3v) is 3.37. The van der Waals surface area contributed by atoms with Crippen molar-refractivity contribution in [3.63, 3.8) is 0 Å². The van der Waals surface area contributed by atoms with Crippen LogP contribution in [0.3, 0.4) is 0 Å². The Morgan fingerprint density at radius 3 is 2.80 bits per heavy atom. The number of benzene rings is 1. The van der Waals surface area contributed by atoms with Gasteiger partial charge in [0.25, 0.3) is 0 Å². The molecule has 1 aromatic rings. The van der Waals surface area contributed by atoms with E-state index in [-0.39, 0.29) is 30.3 Å². The fourth-order valence-corrected chi connectivity index (χ4v) is 2.13. The largest absolute Gasteiger partial charge is 0.496 e. The summed E-state index contributed by atoms with van der Waals surface area (Å²) in [5.41, 5.74) is 0.207.